The molecule has 0 bridgehead atoms. The van der Waals surface area contributed by atoms with Crippen LogP contribution in [0.25, 0.3) is 10.9 Å². The van der Waals surface area contributed by atoms with E-state index in [1.165, 1.54) is 7.11 Å². The highest BCUT2D eigenvalue weighted by Crippen LogP contribution is 2.36. The second-order valence-electron chi connectivity index (χ2n) is 8.29. The highest BCUT2D eigenvalue weighted by atomic mass is 19.4. The number of benzene rings is 2. The third kappa shape index (κ3) is 5.58. The summed E-state index contributed by atoms with van der Waals surface area (Å²) in [6, 6.07) is 5.03. The van der Waals surface area contributed by atoms with Gasteiger partial charge in [0.05, 0.1) is 23.8 Å². The van der Waals surface area contributed by atoms with Crippen molar-refractivity contribution in [3.63, 3.8) is 0 Å². The Morgan fingerprint density at radius 1 is 1.03 bits per heavy atom. The molecule has 34 heavy (non-hydrogen) atoms. The number of anilines is 2. The Hall–Kier alpha value is -3.34. The Morgan fingerprint density at radius 3 is 2.35 bits per heavy atom. The minimum absolute atomic E-state index is 0.199. The molecule has 0 fully saturated rings. The van der Waals surface area contributed by atoms with Gasteiger partial charge in [-0.2, -0.15) is 13.2 Å². The van der Waals surface area contributed by atoms with Crippen molar-refractivity contribution >= 4 is 22.4 Å². The normalized spacial score (nSPS) is 12.1. The van der Waals surface area contributed by atoms with Gasteiger partial charge in [-0.3, -0.25) is 0 Å². The van der Waals surface area contributed by atoms with Crippen LogP contribution in [0.4, 0.5) is 29.1 Å². The minimum atomic E-state index is -4.87. The van der Waals surface area contributed by atoms with Crippen molar-refractivity contribution in [2.75, 3.05) is 31.9 Å². The van der Waals surface area contributed by atoms with Gasteiger partial charge in [0.2, 0.25) is 0 Å². The van der Waals surface area contributed by atoms with E-state index in [2.05, 4.69) is 15.3 Å². The van der Waals surface area contributed by atoms with Crippen LogP contribution in [0, 0.1) is 12.7 Å². The van der Waals surface area contributed by atoms with E-state index in [1.54, 1.807) is 26.2 Å². The molecule has 0 aliphatic heterocycles. The van der Waals surface area contributed by atoms with Crippen LogP contribution in [0.15, 0.2) is 24.3 Å². The molecule has 1 aromatic heterocycles. The fourth-order valence-corrected chi connectivity index (χ4v) is 3.19. The summed E-state index contributed by atoms with van der Waals surface area (Å²) < 4.78 is 70.7. The lowest BCUT2D eigenvalue weighted by atomic mass is 10.1. The first-order valence-electron chi connectivity index (χ1n) is 10.3. The molecule has 0 aliphatic carbocycles. The number of nitrogens with one attached hydrogen (secondary N) is 1. The number of ether oxygens (including phenoxy) is 3. The van der Waals surface area contributed by atoms with Gasteiger partial charge in [0.1, 0.15) is 24.1 Å². The number of hydrogen-bond donors (Lipinski definition) is 2. The third-order valence-corrected chi connectivity index (χ3v) is 5.14. The largest absolute Gasteiger partial charge is 0.493 e. The molecule has 184 valence electrons. The van der Waals surface area contributed by atoms with Crippen LogP contribution in [0.5, 0.6) is 11.5 Å². The number of halogens is 4. The lowest BCUT2D eigenvalue weighted by Gasteiger charge is -2.24. The van der Waals surface area contributed by atoms with Crippen LogP contribution in [-0.2, 0) is 17.5 Å². The fraction of sp³-hybridized carbons (Fsp3) is 0.391. The predicted molar refractivity (Wildman–Crippen MR) is 121 cm³/mol. The van der Waals surface area contributed by atoms with Crippen molar-refractivity contribution in [3.8, 4) is 11.5 Å². The summed E-state index contributed by atoms with van der Waals surface area (Å²) in [7, 11) is 3.06. The molecular weight excluding hydrogens is 456 g/mol. The molecule has 3 rings (SSSR count). The molecular formula is C23H26F4N4O3. The monoisotopic (exact) mass is 482 g/mol. The number of nitrogens with two attached hydrogens (primary N) is 1. The van der Waals surface area contributed by atoms with E-state index in [0.717, 1.165) is 6.07 Å². The standard InChI is InChI=1S/C23H26F4N4O3/c1-12-30-17-9-18(32-4)19(34-11-22(2,3)33-5)8-15(17)21(31-12)29-10-13-6-14(28)7-16(20(13)24)23(25,26)27/h6-9H,10-11,28H2,1-5H3,(H,29,30,31). The highest BCUT2D eigenvalue weighted by Gasteiger charge is 2.35. The molecule has 0 saturated carbocycles. The summed E-state index contributed by atoms with van der Waals surface area (Å²) >= 11 is 0. The van der Waals surface area contributed by atoms with Gasteiger partial charge in [0, 0.05) is 36.4 Å². The topological polar surface area (TPSA) is 91.5 Å². The Bertz CT molecular complexity index is 1200. The molecule has 0 radical (unpaired) electrons. The van der Waals surface area contributed by atoms with E-state index in [9.17, 15) is 17.6 Å². The van der Waals surface area contributed by atoms with Crippen molar-refractivity contribution in [3.05, 3.63) is 47.0 Å². The van der Waals surface area contributed by atoms with Crippen LogP contribution >= 0.6 is 0 Å². The van der Waals surface area contributed by atoms with Gasteiger partial charge in [-0.25, -0.2) is 14.4 Å². The zero-order valence-corrected chi connectivity index (χ0v) is 19.4. The summed E-state index contributed by atoms with van der Waals surface area (Å²) in [5.74, 6) is 0.119. The Morgan fingerprint density at radius 2 is 1.74 bits per heavy atom. The number of fused-ring (bicyclic) bond motifs is 1. The van der Waals surface area contributed by atoms with Gasteiger partial charge in [-0.15, -0.1) is 0 Å². The Labute approximate surface area is 194 Å². The number of alkyl halides is 3. The van der Waals surface area contributed by atoms with Crippen LogP contribution < -0.4 is 20.5 Å². The maximum atomic E-state index is 14.6. The number of methoxy groups -OCH3 is 2. The third-order valence-electron chi connectivity index (χ3n) is 5.14. The first-order chi connectivity index (χ1) is 15.8. The highest BCUT2D eigenvalue weighted by molar-refractivity contribution is 5.91. The molecule has 1 heterocycles. The van der Waals surface area contributed by atoms with Crippen LogP contribution in [0.3, 0.4) is 0 Å². The van der Waals surface area contributed by atoms with Gasteiger partial charge < -0.3 is 25.3 Å². The fourth-order valence-electron chi connectivity index (χ4n) is 3.19. The van der Waals surface area contributed by atoms with Crippen molar-refractivity contribution in [1.29, 1.82) is 0 Å². The number of aryl methyl sites for hydroxylation is 1. The molecule has 11 heteroatoms. The first kappa shape index (κ1) is 25.3. The summed E-state index contributed by atoms with van der Waals surface area (Å²) in [5, 5.41) is 3.42. The van der Waals surface area contributed by atoms with Gasteiger partial charge >= 0.3 is 6.18 Å². The van der Waals surface area contributed by atoms with Crippen molar-refractivity contribution in [2.45, 2.75) is 39.1 Å². The lowest BCUT2D eigenvalue weighted by molar-refractivity contribution is -0.140. The lowest BCUT2D eigenvalue weighted by Crippen LogP contribution is -2.30. The van der Waals surface area contributed by atoms with Gasteiger partial charge in [-0.1, -0.05) is 0 Å². The molecule has 0 atom stereocenters. The van der Waals surface area contributed by atoms with Gasteiger partial charge in [0.15, 0.2) is 11.5 Å². The predicted octanol–water partition coefficient (Wildman–Crippen LogP) is 5.10. The molecule has 0 aliphatic rings. The van der Waals surface area contributed by atoms with E-state index in [0.29, 0.717) is 34.3 Å². The molecule has 3 aromatic rings. The average molecular weight is 482 g/mol. The van der Waals surface area contributed by atoms with E-state index >= 15 is 0 Å². The van der Waals surface area contributed by atoms with Crippen molar-refractivity contribution in [2.24, 2.45) is 0 Å². The Kier molecular flexibility index (Phi) is 7.06. The van der Waals surface area contributed by atoms with Crippen molar-refractivity contribution < 1.29 is 31.8 Å². The zero-order chi connectivity index (χ0) is 25.3. The second-order valence-corrected chi connectivity index (χ2v) is 8.29. The number of aromatic nitrogens is 2. The quantitative estimate of drug-likeness (QED) is 0.341. The number of rotatable bonds is 8. The smallest absolute Gasteiger partial charge is 0.419 e. The maximum Gasteiger partial charge on any atom is 0.419 e. The number of hydrogen-bond acceptors (Lipinski definition) is 7. The average Bonchev–Trinajstić information content (AvgIpc) is 2.76. The molecule has 0 spiro atoms. The molecule has 0 amide bonds. The van der Waals surface area contributed by atoms with Gasteiger partial charge in [0.25, 0.3) is 0 Å². The zero-order valence-electron chi connectivity index (χ0n) is 19.4. The summed E-state index contributed by atoms with van der Waals surface area (Å²) in [4.78, 5) is 8.73. The molecule has 0 saturated heterocycles. The molecule has 0 unspecified atom stereocenters. The summed E-state index contributed by atoms with van der Waals surface area (Å²) in [6.07, 6.45) is -4.87. The molecule has 2 aromatic carbocycles. The van der Waals surface area contributed by atoms with Crippen LogP contribution in [0.1, 0.15) is 30.8 Å². The molecule has 7 nitrogen and oxygen atoms in total. The SMILES string of the molecule is COc1cc2nc(C)nc(NCc3cc(N)cc(C(F)(F)F)c3F)c2cc1OCC(C)(C)OC. The first-order valence-corrected chi connectivity index (χ1v) is 10.3. The summed E-state index contributed by atoms with van der Waals surface area (Å²) in [6.45, 7) is 5.30. The second kappa shape index (κ2) is 9.49. The Balaban J connectivity index is 2.00. The summed E-state index contributed by atoms with van der Waals surface area (Å²) in [5.41, 5.74) is 3.66. The van der Waals surface area contributed by atoms with Crippen LogP contribution in [-0.4, -0.2) is 36.4 Å². The minimum Gasteiger partial charge on any atom is -0.493 e. The van der Waals surface area contributed by atoms with E-state index < -0.39 is 23.2 Å². The number of nitrogens with zero attached hydrogens (tertiary/aromatic N) is 2. The number of nitrogen functional groups attached to an aromatic ring is 1. The van der Waals surface area contributed by atoms with E-state index in [-0.39, 0.29) is 30.2 Å². The molecule has 3 N–H and O–H groups in total. The van der Waals surface area contributed by atoms with E-state index in [4.69, 9.17) is 19.9 Å². The van der Waals surface area contributed by atoms with E-state index in [1.807, 2.05) is 13.8 Å². The van der Waals surface area contributed by atoms with Gasteiger partial charge in [-0.05, 0) is 39.0 Å². The van der Waals surface area contributed by atoms with Crippen LogP contribution in [0.2, 0.25) is 0 Å². The maximum absolute atomic E-state index is 14.6. The van der Waals surface area contributed by atoms with Crippen molar-refractivity contribution in [1.82, 2.24) is 9.97 Å².